The number of carbonyl (C=O) groups is 1. The minimum atomic E-state index is -0.00910. The second-order valence-corrected chi connectivity index (χ2v) is 7.02. The molecular weight excluding hydrogens is 326 g/mol. The summed E-state index contributed by atoms with van der Waals surface area (Å²) in [5.41, 5.74) is 5.56. The molecule has 2 aliphatic heterocycles. The van der Waals surface area contributed by atoms with Gasteiger partial charge < -0.3 is 9.64 Å². The molecule has 1 amide bonds. The average molecular weight is 350 g/mol. The molecule has 0 spiro atoms. The van der Waals surface area contributed by atoms with E-state index in [4.69, 9.17) is 9.73 Å². The van der Waals surface area contributed by atoms with Crippen LogP contribution >= 0.6 is 0 Å². The standard InChI is InChI=1S/C21H23N3O2/c1-15-7-8-18(16(2)13-15)22-20-17-5-3-4-6-19(17)24(21(20)25)14-23-9-11-26-12-10-23/h3-8,13H,9-12,14H2,1-2H3/p+1. The number of anilines is 1. The van der Waals surface area contributed by atoms with Crippen LogP contribution in [0, 0.1) is 13.8 Å². The Morgan fingerprint density at radius 2 is 1.88 bits per heavy atom. The van der Waals surface area contributed by atoms with Crippen LogP contribution in [0.15, 0.2) is 47.5 Å². The molecule has 0 bridgehead atoms. The number of morpholine rings is 1. The van der Waals surface area contributed by atoms with Gasteiger partial charge in [-0.15, -0.1) is 0 Å². The van der Waals surface area contributed by atoms with Crippen LogP contribution in [-0.4, -0.2) is 44.6 Å². The van der Waals surface area contributed by atoms with Crippen molar-refractivity contribution in [2.24, 2.45) is 4.99 Å². The SMILES string of the molecule is Cc1ccc(N=C2C(=O)N(C[NH+]3CCOCC3)c3ccccc32)c(C)c1. The van der Waals surface area contributed by atoms with Crippen molar-refractivity contribution in [2.75, 3.05) is 37.9 Å². The van der Waals surface area contributed by atoms with Crippen LogP contribution in [0.5, 0.6) is 0 Å². The first-order valence-electron chi connectivity index (χ1n) is 9.12. The molecule has 2 aromatic rings. The number of rotatable bonds is 3. The molecular formula is C21H24N3O2+. The highest BCUT2D eigenvalue weighted by molar-refractivity contribution is 6.54. The number of aliphatic imine (C=N–C) groups is 1. The monoisotopic (exact) mass is 350 g/mol. The van der Waals surface area contributed by atoms with Crippen LogP contribution in [0.4, 0.5) is 11.4 Å². The van der Waals surface area contributed by atoms with Crippen LogP contribution < -0.4 is 9.80 Å². The molecule has 0 saturated carbocycles. The molecule has 134 valence electrons. The zero-order valence-corrected chi connectivity index (χ0v) is 15.3. The summed E-state index contributed by atoms with van der Waals surface area (Å²) in [7, 11) is 0. The summed E-state index contributed by atoms with van der Waals surface area (Å²) in [6, 6.07) is 14.1. The molecule has 2 aromatic carbocycles. The van der Waals surface area contributed by atoms with E-state index < -0.39 is 0 Å². The molecule has 1 N–H and O–H groups in total. The fraction of sp³-hybridized carbons (Fsp3) is 0.333. The van der Waals surface area contributed by atoms with Crippen LogP contribution in [-0.2, 0) is 9.53 Å². The number of fused-ring (bicyclic) bond motifs is 1. The topological polar surface area (TPSA) is 46.3 Å². The van der Waals surface area contributed by atoms with Crippen LogP contribution in [0.25, 0.3) is 0 Å². The molecule has 4 rings (SSSR count). The van der Waals surface area contributed by atoms with Gasteiger partial charge >= 0.3 is 0 Å². The Kier molecular flexibility index (Phi) is 4.57. The predicted molar refractivity (Wildman–Crippen MR) is 102 cm³/mol. The number of nitrogens with zero attached hydrogens (tertiary/aromatic N) is 2. The number of hydrogen-bond acceptors (Lipinski definition) is 3. The van der Waals surface area contributed by atoms with Crippen molar-refractivity contribution in [1.29, 1.82) is 0 Å². The first-order valence-corrected chi connectivity index (χ1v) is 9.12. The van der Waals surface area contributed by atoms with Gasteiger partial charge in [-0.25, -0.2) is 4.99 Å². The van der Waals surface area contributed by atoms with Crippen molar-refractivity contribution >= 4 is 23.0 Å². The van der Waals surface area contributed by atoms with Crippen molar-refractivity contribution in [1.82, 2.24) is 0 Å². The normalized spacial score (nSPS) is 19.2. The van der Waals surface area contributed by atoms with Gasteiger partial charge in [-0.3, -0.25) is 9.69 Å². The number of aryl methyl sites for hydroxylation is 2. The first-order chi connectivity index (χ1) is 12.6. The summed E-state index contributed by atoms with van der Waals surface area (Å²) >= 11 is 0. The van der Waals surface area contributed by atoms with E-state index in [1.165, 1.54) is 10.5 Å². The van der Waals surface area contributed by atoms with Crippen LogP contribution in [0.1, 0.15) is 16.7 Å². The van der Waals surface area contributed by atoms with Gasteiger partial charge in [0.2, 0.25) is 0 Å². The van der Waals surface area contributed by atoms with Gasteiger partial charge in [0.25, 0.3) is 5.91 Å². The molecule has 5 heteroatoms. The number of hydrogen-bond donors (Lipinski definition) is 1. The van der Waals surface area contributed by atoms with Gasteiger partial charge in [-0.2, -0.15) is 0 Å². The second kappa shape index (κ2) is 7.02. The van der Waals surface area contributed by atoms with E-state index in [0.717, 1.165) is 48.8 Å². The molecule has 26 heavy (non-hydrogen) atoms. The summed E-state index contributed by atoms with van der Waals surface area (Å²) in [4.78, 5) is 21.2. The third kappa shape index (κ3) is 3.16. The van der Waals surface area contributed by atoms with Gasteiger partial charge in [-0.05, 0) is 31.5 Å². The lowest BCUT2D eigenvalue weighted by atomic mass is 10.1. The smallest absolute Gasteiger partial charge is 0.281 e. The van der Waals surface area contributed by atoms with E-state index in [1.807, 2.05) is 48.2 Å². The van der Waals surface area contributed by atoms with Gasteiger partial charge in [0.1, 0.15) is 18.8 Å². The maximum absolute atomic E-state index is 13.2. The lowest BCUT2D eigenvalue weighted by Crippen LogP contribution is -3.15. The third-order valence-electron chi connectivity index (χ3n) is 5.06. The highest BCUT2D eigenvalue weighted by Gasteiger charge is 2.36. The molecule has 1 fully saturated rings. The first kappa shape index (κ1) is 16.9. The minimum absolute atomic E-state index is 0.00910. The van der Waals surface area contributed by atoms with Gasteiger partial charge in [0, 0.05) is 5.56 Å². The lowest BCUT2D eigenvalue weighted by molar-refractivity contribution is -0.906. The summed E-state index contributed by atoms with van der Waals surface area (Å²) in [6.45, 7) is 8.11. The van der Waals surface area contributed by atoms with Crippen molar-refractivity contribution in [3.63, 3.8) is 0 Å². The van der Waals surface area contributed by atoms with Gasteiger partial charge in [-0.1, -0.05) is 35.9 Å². The Balaban J connectivity index is 1.70. The number of carbonyl (C=O) groups excluding carboxylic acids is 1. The number of quaternary nitrogens is 1. The summed E-state index contributed by atoms with van der Waals surface area (Å²) < 4.78 is 5.44. The average Bonchev–Trinajstić information content (AvgIpc) is 2.91. The molecule has 0 unspecified atom stereocenters. The second-order valence-electron chi connectivity index (χ2n) is 7.02. The maximum atomic E-state index is 13.2. The van der Waals surface area contributed by atoms with Crippen molar-refractivity contribution in [3.8, 4) is 0 Å². The zero-order chi connectivity index (χ0) is 18.1. The number of amides is 1. The quantitative estimate of drug-likeness (QED) is 0.915. The molecule has 5 nitrogen and oxygen atoms in total. The Hall–Kier alpha value is -2.50. The Morgan fingerprint density at radius 1 is 1.12 bits per heavy atom. The highest BCUT2D eigenvalue weighted by atomic mass is 16.5. The highest BCUT2D eigenvalue weighted by Crippen LogP contribution is 2.31. The fourth-order valence-electron chi connectivity index (χ4n) is 3.62. The number of para-hydroxylation sites is 1. The summed E-state index contributed by atoms with van der Waals surface area (Å²) in [6.07, 6.45) is 0. The lowest BCUT2D eigenvalue weighted by Gasteiger charge is -2.27. The maximum Gasteiger partial charge on any atom is 0.281 e. The van der Waals surface area contributed by atoms with E-state index >= 15 is 0 Å². The van der Waals surface area contributed by atoms with E-state index in [1.54, 1.807) is 0 Å². The van der Waals surface area contributed by atoms with Crippen molar-refractivity contribution in [2.45, 2.75) is 13.8 Å². The zero-order valence-electron chi connectivity index (χ0n) is 15.3. The summed E-state index contributed by atoms with van der Waals surface area (Å²) in [5, 5.41) is 0. The van der Waals surface area contributed by atoms with Crippen molar-refractivity contribution in [3.05, 3.63) is 59.2 Å². The Bertz CT molecular complexity index is 869. The number of benzene rings is 2. The molecule has 2 heterocycles. The van der Waals surface area contributed by atoms with E-state index in [0.29, 0.717) is 12.4 Å². The predicted octanol–water partition coefficient (Wildman–Crippen LogP) is 1.64. The molecule has 1 saturated heterocycles. The van der Waals surface area contributed by atoms with Gasteiger partial charge in [0.05, 0.1) is 24.6 Å². The van der Waals surface area contributed by atoms with Crippen LogP contribution in [0.3, 0.4) is 0 Å². The molecule has 0 atom stereocenters. The number of ether oxygens (including phenoxy) is 1. The van der Waals surface area contributed by atoms with E-state index in [2.05, 4.69) is 13.0 Å². The fourth-order valence-corrected chi connectivity index (χ4v) is 3.62. The molecule has 0 radical (unpaired) electrons. The molecule has 0 aromatic heterocycles. The molecule has 2 aliphatic rings. The largest absolute Gasteiger partial charge is 0.370 e. The molecule has 0 aliphatic carbocycles. The van der Waals surface area contributed by atoms with Crippen molar-refractivity contribution < 1.29 is 14.4 Å². The summed E-state index contributed by atoms with van der Waals surface area (Å²) in [5.74, 6) is -0.00910. The number of nitrogens with one attached hydrogen (secondary N) is 1. The van der Waals surface area contributed by atoms with Gasteiger partial charge in [0.15, 0.2) is 6.67 Å². The van der Waals surface area contributed by atoms with Crippen LogP contribution in [0.2, 0.25) is 0 Å². The Labute approximate surface area is 153 Å². The Morgan fingerprint density at radius 3 is 2.65 bits per heavy atom. The minimum Gasteiger partial charge on any atom is -0.370 e. The van der Waals surface area contributed by atoms with E-state index in [9.17, 15) is 4.79 Å². The van der Waals surface area contributed by atoms with E-state index in [-0.39, 0.29) is 5.91 Å². The third-order valence-corrected chi connectivity index (χ3v) is 5.06.